The van der Waals surface area contributed by atoms with Gasteiger partial charge in [-0.3, -0.25) is 0 Å². The molecule has 4 rings (SSSR count). The van der Waals surface area contributed by atoms with Gasteiger partial charge in [-0.15, -0.1) is 21.5 Å². The highest BCUT2D eigenvalue weighted by Gasteiger charge is 2.21. The topological polar surface area (TPSA) is 87.3 Å². The van der Waals surface area contributed by atoms with E-state index in [-0.39, 0.29) is 11.6 Å². The Kier molecular flexibility index (Phi) is 5.35. The lowest BCUT2D eigenvalue weighted by Gasteiger charge is -2.07. The van der Waals surface area contributed by atoms with E-state index in [4.69, 9.17) is 13.9 Å². The summed E-state index contributed by atoms with van der Waals surface area (Å²) in [4.78, 5) is 16.8. The van der Waals surface area contributed by atoms with Gasteiger partial charge < -0.3 is 13.9 Å². The average Bonchev–Trinajstić information content (AvgIpc) is 3.45. The smallest absolute Gasteiger partial charge is 0.358 e. The second kappa shape index (κ2) is 8.24. The molecule has 0 unspecified atom stereocenters. The maximum atomic E-state index is 12.5. The second-order valence-corrected chi connectivity index (χ2v) is 6.98. The number of esters is 1. The molecule has 2 heterocycles. The molecule has 0 saturated carbocycles. The number of hydrogen-bond donors (Lipinski definition) is 0. The molecule has 2 aromatic heterocycles. The van der Waals surface area contributed by atoms with Crippen LogP contribution in [0, 0.1) is 0 Å². The van der Waals surface area contributed by atoms with Crippen molar-refractivity contribution in [2.75, 3.05) is 7.11 Å². The minimum atomic E-state index is -0.696. The van der Waals surface area contributed by atoms with E-state index in [1.54, 1.807) is 19.4 Å². The summed E-state index contributed by atoms with van der Waals surface area (Å²) in [5, 5.41) is 10.4. The van der Waals surface area contributed by atoms with Gasteiger partial charge in [0.15, 0.2) is 11.8 Å². The Bertz CT molecular complexity index is 1110. The number of rotatable bonds is 6. The molecule has 0 radical (unpaired) electrons. The van der Waals surface area contributed by atoms with E-state index >= 15 is 0 Å². The number of nitrogens with zero attached hydrogens (tertiary/aromatic N) is 3. The average molecular weight is 407 g/mol. The molecular weight excluding hydrogens is 390 g/mol. The highest BCUT2D eigenvalue weighted by molar-refractivity contribution is 7.13. The molecule has 0 aliphatic heterocycles. The number of carbonyl (C=O) groups is 1. The Balaban J connectivity index is 1.44. The van der Waals surface area contributed by atoms with Crippen molar-refractivity contribution in [3.8, 4) is 27.8 Å². The Labute approximate surface area is 171 Å². The molecule has 29 heavy (non-hydrogen) atoms. The van der Waals surface area contributed by atoms with Crippen LogP contribution in [-0.4, -0.2) is 28.3 Å². The normalized spacial score (nSPS) is 11.8. The molecule has 8 heteroatoms. The fourth-order valence-electron chi connectivity index (χ4n) is 2.60. The Morgan fingerprint density at radius 2 is 1.79 bits per heavy atom. The summed E-state index contributed by atoms with van der Waals surface area (Å²) in [7, 11) is 1.61. The number of methoxy groups -OCH3 is 1. The Morgan fingerprint density at radius 1 is 1.03 bits per heavy atom. The summed E-state index contributed by atoms with van der Waals surface area (Å²) >= 11 is 1.36. The van der Waals surface area contributed by atoms with E-state index in [0.29, 0.717) is 5.89 Å². The minimum Gasteiger partial charge on any atom is -0.497 e. The van der Waals surface area contributed by atoms with Crippen molar-refractivity contribution in [2.24, 2.45) is 0 Å². The first kappa shape index (κ1) is 18.8. The first-order valence-electron chi connectivity index (χ1n) is 8.84. The van der Waals surface area contributed by atoms with Crippen LogP contribution < -0.4 is 4.74 Å². The van der Waals surface area contributed by atoms with E-state index in [1.807, 2.05) is 54.6 Å². The van der Waals surface area contributed by atoms with Crippen LogP contribution in [-0.2, 0) is 4.74 Å². The van der Waals surface area contributed by atoms with Crippen LogP contribution >= 0.6 is 11.3 Å². The van der Waals surface area contributed by atoms with Crippen molar-refractivity contribution in [3.63, 3.8) is 0 Å². The predicted molar refractivity (Wildman–Crippen MR) is 108 cm³/mol. The van der Waals surface area contributed by atoms with Crippen LogP contribution in [0.25, 0.3) is 22.0 Å². The fourth-order valence-corrected chi connectivity index (χ4v) is 3.40. The lowest BCUT2D eigenvalue weighted by atomic mass is 10.2. The molecule has 0 bridgehead atoms. The third kappa shape index (κ3) is 4.17. The zero-order chi connectivity index (χ0) is 20.2. The van der Waals surface area contributed by atoms with Crippen molar-refractivity contribution in [2.45, 2.75) is 13.0 Å². The lowest BCUT2D eigenvalue weighted by Crippen LogP contribution is -2.10. The van der Waals surface area contributed by atoms with Gasteiger partial charge in [0.05, 0.1) is 7.11 Å². The van der Waals surface area contributed by atoms with E-state index in [0.717, 1.165) is 21.9 Å². The minimum absolute atomic E-state index is 0.225. The third-order valence-corrected chi connectivity index (χ3v) is 5.03. The zero-order valence-corrected chi connectivity index (χ0v) is 16.6. The maximum Gasteiger partial charge on any atom is 0.358 e. The highest BCUT2D eigenvalue weighted by Crippen LogP contribution is 2.27. The summed E-state index contributed by atoms with van der Waals surface area (Å²) in [5.41, 5.74) is 1.93. The molecule has 2 aromatic carbocycles. The second-order valence-electron chi connectivity index (χ2n) is 6.13. The van der Waals surface area contributed by atoms with E-state index < -0.39 is 12.1 Å². The maximum absolute atomic E-state index is 12.5. The Hall–Kier alpha value is -3.52. The molecular formula is C21H17N3O4S. The lowest BCUT2D eigenvalue weighted by molar-refractivity contribution is 0.0274. The number of hydrogen-bond acceptors (Lipinski definition) is 8. The van der Waals surface area contributed by atoms with E-state index in [1.165, 1.54) is 11.3 Å². The van der Waals surface area contributed by atoms with Crippen molar-refractivity contribution in [1.82, 2.24) is 15.2 Å². The number of thiazole rings is 1. The van der Waals surface area contributed by atoms with Crippen molar-refractivity contribution >= 4 is 17.3 Å². The molecule has 0 fully saturated rings. The van der Waals surface area contributed by atoms with Gasteiger partial charge in [0.1, 0.15) is 10.8 Å². The molecule has 0 amide bonds. The van der Waals surface area contributed by atoms with Crippen molar-refractivity contribution in [3.05, 3.63) is 71.6 Å². The van der Waals surface area contributed by atoms with Gasteiger partial charge in [-0.25, -0.2) is 9.78 Å². The number of ether oxygens (including phenoxy) is 2. The summed E-state index contributed by atoms with van der Waals surface area (Å²) in [6.45, 7) is 1.68. The van der Waals surface area contributed by atoms with Crippen LogP contribution in [0.15, 0.2) is 64.4 Å². The Morgan fingerprint density at radius 3 is 2.52 bits per heavy atom. The number of aromatic nitrogens is 3. The molecule has 4 aromatic rings. The monoisotopic (exact) mass is 407 g/mol. The largest absolute Gasteiger partial charge is 0.497 e. The molecule has 7 nitrogen and oxygen atoms in total. The molecule has 0 N–H and O–H groups in total. The molecule has 0 aliphatic rings. The summed E-state index contributed by atoms with van der Waals surface area (Å²) in [6, 6.07) is 16.9. The van der Waals surface area contributed by atoms with Gasteiger partial charge in [0, 0.05) is 16.5 Å². The molecule has 1 atom stereocenters. The molecule has 0 spiro atoms. The predicted octanol–water partition coefficient (Wildman–Crippen LogP) is 4.79. The van der Waals surface area contributed by atoms with Crippen molar-refractivity contribution in [1.29, 1.82) is 0 Å². The van der Waals surface area contributed by atoms with E-state index in [2.05, 4.69) is 15.2 Å². The standard InChI is InChI=1S/C21H17N3O4S/c1-13(18-23-24-19(28-18)14-6-4-3-5-7-14)27-21(25)17-12-29-20(22-17)15-8-10-16(26-2)11-9-15/h3-13H,1-2H3/t13-/m0/s1. The van der Waals surface area contributed by atoms with Gasteiger partial charge in [0.25, 0.3) is 5.89 Å². The third-order valence-electron chi connectivity index (χ3n) is 4.14. The summed E-state index contributed by atoms with van der Waals surface area (Å²) in [6.07, 6.45) is -0.696. The van der Waals surface area contributed by atoms with E-state index in [9.17, 15) is 4.79 Å². The number of carbonyl (C=O) groups excluding carboxylic acids is 1. The van der Waals surface area contributed by atoms with Crippen LogP contribution in [0.5, 0.6) is 5.75 Å². The zero-order valence-electron chi connectivity index (χ0n) is 15.7. The van der Waals surface area contributed by atoms with Gasteiger partial charge in [-0.2, -0.15) is 0 Å². The quantitative estimate of drug-likeness (QED) is 0.425. The van der Waals surface area contributed by atoms with Gasteiger partial charge in [0.2, 0.25) is 5.89 Å². The SMILES string of the molecule is COc1ccc(-c2nc(C(=O)O[C@@H](C)c3nnc(-c4ccccc4)o3)cs2)cc1. The van der Waals surface area contributed by atoms with Crippen LogP contribution in [0.2, 0.25) is 0 Å². The molecule has 146 valence electrons. The van der Waals surface area contributed by atoms with Crippen LogP contribution in [0.3, 0.4) is 0 Å². The summed E-state index contributed by atoms with van der Waals surface area (Å²) in [5.74, 6) is 0.808. The fraction of sp³-hybridized carbons (Fsp3) is 0.143. The van der Waals surface area contributed by atoms with Crippen LogP contribution in [0.1, 0.15) is 29.4 Å². The first-order chi connectivity index (χ1) is 14.1. The number of benzene rings is 2. The highest BCUT2D eigenvalue weighted by atomic mass is 32.1. The van der Waals surface area contributed by atoms with Crippen LogP contribution in [0.4, 0.5) is 0 Å². The van der Waals surface area contributed by atoms with Gasteiger partial charge in [-0.05, 0) is 43.3 Å². The van der Waals surface area contributed by atoms with Crippen molar-refractivity contribution < 1.29 is 18.7 Å². The first-order valence-corrected chi connectivity index (χ1v) is 9.72. The van der Waals surface area contributed by atoms with Gasteiger partial charge in [-0.1, -0.05) is 18.2 Å². The molecule has 0 saturated heterocycles. The summed E-state index contributed by atoms with van der Waals surface area (Å²) < 4.78 is 16.2. The van der Waals surface area contributed by atoms with Gasteiger partial charge >= 0.3 is 5.97 Å². The molecule has 0 aliphatic carbocycles.